The maximum atomic E-state index is 12.0. The molecule has 1 aliphatic heterocycles. The number of fused-ring (bicyclic) bond motifs is 1. The fourth-order valence-corrected chi connectivity index (χ4v) is 3.12. The maximum absolute atomic E-state index is 12.0. The maximum Gasteiger partial charge on any atom is 0.326 e. The van der Waals surface area contributed by atoms with Crippen LogP contribution in [-0.2, 0) is 6.54 Å². The van der Waals surface area contributed by atoms with Crippen molar-refractivity contribution >= 4 is 11.0 Å². The molecule has 0 amide bonds. The van der Waals surface area contributed by atoms with Crippen molar-refractivity contribution in [2.75, 3.05) is 13.1 Å². The van der Waals surface area contributed by atoms with Gasteiger partial charge in [0.15, 0.2) is 0 Å². The second-order valence-electron chi connectivity index (χ2n) is 5.74. The Bertz CT molecular complexity index is 635. The first-order chi connectivity index (χ1) is 9.79. The van der Waals surface area contributed by atoms with Gasteiger partial charge in [-0.15, -0.1) is 0 Å². The van der Waals surface area contributed by atoms with Crippen LogP contribution in [0, 0.1) is 0 Å². The van der Waals surface area contributed by atoms with E-state index >= 15 is 0 Å². The van der Waals surface area contributed by atoms with Gasteiger partial charge < -0.3 is 10.3 Å². The molecule has 0 aliphatic carbocycles. The number of nitrogens with zero attached hydrogens (tertiary/aromatic N) is 1. The van der Waals surface area contributed by atoms with Crippen molar-refractivity contribution in [1.29, 1.82) is 0 Å². The van der Waals surface area contributed by atoms with Gasteiger partial charge in [0.25, 0.3) is 0 Å². The van der Waals surface area contributed by atoms with Gasteiger partial charge >= 0.3 is 5.69 Å². The second-order valence-corrected chi connectivity index (χ2v) is 5.74. The molecule has 3 rings (SSSR count). The average molecular weight is 273 g/mol. The van der Waals surface area contributed by atoms with Gasteiger partial charge in [0, 0.05) is 6.54 Å². The minimum atomic E-state index is 0.0240. The number of aromatic amines is 1. The van der Waals surface area contributed by atoms with Gasteiger partial charge in [-0.1, -0.05) is 19.4 Å². The minimum Gasteiger partial charge on any atom is -0.317 e. The molecule has 1 saturated heterocycles. The molecule has 1 aromatic carbocycles. The number of unbranched alkanes of at least 4 members (excludes halogenated alkanes) is 1. The van der Waals surface area contributed by atoms with Crippen LogP contribution in [0.25, 0.3) is 11.0 Å². The molecule has 108 valence electrons. The van der Waals surface area contributed by atoms with Crippen molar-refractivity contribution in [2.45, 2.75) is 45.1 Å². The second kappa shape index (κ2) is 5.83. The fourth-order valence-electron chi connectivity index (χ4n) is 3.12. The lowest BCUT2D eigenvalue weighted by Crippen LogP contribution is -2.26. The summed E-state index contributed by atoms with van der Waals surface area (Å²) in [6.45, 7) is 5.16. The number of aromatic nitrogens is 2. The summed E-state index contributed by atoms with van der Waals surface area (Å²) in [5.74, 6) is 0.630. The minimum absolute atomic E-state index is 0.0240. The summed E-state index contributed by atoms with van der Waals surface area (Å²) in [7, 11) is 0. The van der Waals surface area contributed by atoms with Crippen LogP contribution in [0.5, 0.6) is 0 Å². The average Bonchev–Trinajstić information content (AvgIpc) is 2.80. The number of piperidine rings is 1. The van der Waals surface area contributed by atoms with Crippen molar-refractivity contribution in [3.63, 3.8) is 0 Å². The Morgan fingerprint density at radius 1 is 1.30 bits per heavy atom. The number of hydrogen-bond donors (Lipinski definition) is 2. The Morgan fingerprint density at radius 2 is 2.10 bits per heavy atom. The first-order valence-corrected chi connectivity index (χ1v) is 7.72. The van der Waals surface area contributed by atoms with E-state index in [1.165, 1.54) is 18.4 Å². The Hall–Kier alpha value is -1.55. The number of imidazole rings is 1. The van der Waals surface area contributed by atoms with E-state index in [4.69, 9.17) is 0 Å². The van der Waals surface area contributed by atoms with E-state index in [2.05, 4.69) is 35.4 Å². The van der Waals surface area contributed by atoms with E-state index in [0.717, 1.165) is 43.5 Å². The molecule has 1 fully saturated rings. The number of H-pyrrole nitrogens is 1. The van der Waals surface area contributed by atoms with E-state index in [1.807, 2.05) is 4.57 Å². The fraction of sp³-hybridized carbons (Fsp3) is 0.562. The number of rotatable bonds is 4. The van der Waals surface area contributed by atoms with E-state index in [1.54, 1.807) is 0 Å². The molecule has 0 saturated carbocycles. The number of benzene rings is 1. The van der Waals surface area contributed by atoms with Crippen molar-refractivity contribution < 1.29 is 0 Å². The number of hydrogen-bond acceptors (Lipinski definition) is 2. The van der Waals surface area contributed by atoms with E-state index in [9.17, 15) is 4.79 Å². The molecule has 4 heteroatoms. The summed E-state index contributed by atoms with van der Waals surface area (Å²) < 4.78 is 1.89. The highest BCUT2D eigenvalue weighted by Gasteiger charge is 2.16. The zero-order valence-corrected chi connectivity index (χ0v) is 12.1. The monoisotopic (exact) mass is 273 g/mol. The molecule has 2 N–H and O–H groups in total. The molecule has 1 aliphatic rings. The SMILES string of the molecule is CCCCn1c(=O)[nH]c2ccc(C3CCNCC3)cc21. The molecule has 2 aromatic rings. The molecule has 0 radical (unpaired) electrons. The molecule has 4 nitrogen and oxygen atoms in total. The highest BCUT2D eigenvalue weighted by atomic mass is 16.1. The quantitative estimate of drug-likeness (QED) is 0.899. The predicted molar refractivity (Wildman–Crippen MR) is 82.3 cm³/mol. The summed E-state index contributed by atoms with van der Waals surface area (Å²) in [6.07, 6.45) is 4.53. The summed E-state index contributed by atoms with van der Waals surface area (Å²) in [6, 6.07) is 6.47. The number of aryl methyl sites for hydroxylation is 1. The summed E-state index contributed by atoms with van der Waals surface area (Å²) in [5.41, 5.74) is 3.43. The lowest BCUT2D eigenvalue weighted by molar-refractivity contribution is 0.460. The van der Waals surface area contributed by atoms with Gasteiger partial charge in [-0.3, -0.25) is 4.57 Å². The molecule has 0 spiro atoms. The first-order valence-electron chi connectivity index (χ1n) is 7.72. The molecule has 0 bridgehead atoms. The van der Waals surface area contributed by atoms with Gasteiger partial charge in [-0.25, -0.2) is 4.79 Å². The Morgan fingerprint density at radius 3 is 2.85 bits per heavy atom. The largest absolute Gasteiger partial charge is 0.326 e. The highest BCUT2D eigenvalue weighted by Crippen LogP contribution is 2.27. The zero-order chi connectivity index (χ0) is 13.9. The molecular formula is C16H23N3O. The molecule has 0 unspecified atom stereocenters. The lowest BCUT2D eigenvalue weighted by Gasteiger charge is -2.23. The van der Waals surface area contributed by atoms with Crippen molar-refractivity contribution in [2.24, 2.45) is 0 Å². The molecule has 1 aromatic heterocycles. The third-order valence-corrected chi connectivity index (χ3v) is 4.35. The summed E-state index contributed by atoms with van der Waals surface area (Å²) in [4.78, 5) is 15.0. The van der Waals surface area contributed by atoms with Gasteiger partial charge in [-0.2, -0.15) is 0 Å². The summed E-state index contributed by atoms with van der Waals surface area (Å²) in [5, 5.41) is 3.40. The zero-order valence-electron chi connectivity index (χ0n) is 12.1. The smallest absolute Gasteiger partial charge is 0.317 e. The van der Waals surface area contributed by atoms with Gasteiger partial charge in [0.2, 0.25) is 0 Å². The topological polar surface area (TPSA) is 49.8 Å². The molecule has 20 heavy (non-hydrogen) atoms. The van der Waals surface area contributed by atoms with E-state index in [-0.39, 0.29) is 5.69 Å². The van der Waals surface area contributed by atoms with Crippen molar-refractivity contribution in [1.82, 2.24) is 14.9 Å². The van der Waals surface area contributed by atoms with Crippen LogP contribution in [0.1, 0.15) is 44.1 Å². The lowest BCUT2D eigenvalue weighted by atomic mass is 9.90. The van der Waals surface area contributed by atoms with Crippen LogP contribution < -0.4 is 11.0 Å². The van der Waals surface area contributed by atoms with E-state index in [0.29, 0.717) is 5.92 Å². The summed E-state index contributed by atoms with van der Waals surface area (Å²) >= 11 is 0. The standard InChI is InChI=1S/C16H23N3O/c1-2-3-10-19-15-11-13(12-6-8-17-9-7-12)4-5-14(15)18-16(19)20/h4-5,11-12,17H,2-3,6-10H2,1H3,(H,18,20). The van der Waals surface area contributed by atoms with Crippen molar-refractivity contribution in [3.05, 3.63) is 34.2 Å². The third-order valence-electron chi connectivity index (χ3n) is 4.35. The van der Waals surface area contributed by atoms with Crippen LogP contribution in [0.15, 0.2) is 23.0 Å². The van der Waals surface area contributed by atoms with Gasteiger partial charge in [0.1, 0.15) is 0 Å². The van der Waals surface area contributed by atoms with Crippen molar-refractivity contribution in [3.8, 4) is 0 Å². The normalized spacial score (nSPS) is 16.9. The van der Waals surface area contributed by atoms with Crippen LogP contribution in [-0.4, -0.2) is 22.6 Å². The highest BCUT2D eigenvalue weighted by molar-refractivity contribution is 5.76. The third kappa shape index (κ3) is 2.52. The molecular weight excluding hydrogens is 250 g/mol. The predicted octanol–water partition coefficient (Wildman–Crippen LogP) is 2.60. The van der Waals surface area contributed by atoms with Crippen LogP contribution in [0.3, 0.4) is 0 Å². The van der Waals surface area contributed by atoms with E-state index < -0.39 is 0 Å². The molecule has 2 heterocycles. The van der Waals surface area contributed by atoms with Crippen LogP contribution in [0.2, 0.25) is 0 Å². The number of nitrogens with one attached hydrogen (secondary N) is 2. The Balaban J connectivity index is 1.97. The Labute approximate surface area is 119 Å². The van der Waals surface area contributed by atoms with Gasteiger partial charge in [-0.05, 0) is 56.0 Å². The van der Waals surface area contributed by atoms with Crippen LogP contribution >= 0.6 is 0 Å². The van der Waals surface area contributed by atoms with Gasteiger partial charge in [0.05, 0.1) is 11.0 Å². The Kier molecular flexibility index (Phi) is 3.92. The first kappa shape index (κ1) is 13.4. The molecule has 0 atom stereocenters. The van der Waals surface area contributed by atoms with Crippen LogP contribution in [0.4, 0.5) is 0 Å².